The number of methoxy groups -OCH3 is 1. The Labute approximate surface area is 182 Å². The first-order valence-corrected chi connectivity index (χ1v) is 10.4. The summed E-state index contributed by atoms with van der Waals surface area (Å²) in [5, 5.41) is 11.4. The number of ether oxygens (including phenoxy) is 2. The summed E-state index contributed by atoms with van der Waals surface area (Å²) in [6, 6.07) is 12.7. The average Bonchev–Trinajstić information content (AvgIpc) is 3.18. The molecule has 0 aliphatic rings. The van der Waals surface area contributed by atoms with Gasteiger partial charge in [0.25, 0.3) is 0 Å². The Balaban J connectivity index is 1.61. The highest BCUT2D eigenvalue weighted by atomic mass is 32.2. The number of anilines is 1. The monoisotopic (exact) mass is 444 g/mol. The molecule has 8 nitrogen and oxygen atoms in total. The molecule has 10 heteroatoms. The van der Waals surface area contributed by atoms with Crippen LogP contribution < -0.4 is 10.1 Å². The third-order valence-corrected chi connectivity index (χ3v) is 5.21. The Morgan fingerprint density at radius 1 is 1.13 bits per heavy atom. The molecule has 0 radical (unpaired) electrons. The summed E-state index contributed by atoms with van der Waals surface area (Å²) >= 11 is 1.20. The van der Waals surface area contributed by atoms with Gasteiger partial charge in [-0.1, -0.05) is 36.0 Å². The standard InChI is InChI=1S/C21H21FN4O4S/c1-3-26-18(12-30-17-11-7-5-9-15(17)22)24-25-21(26)31-13-19(27)23-16-10-6-4-8-14(16)20(28)29-2/h4-11H,3,12-13H2,1-2H3,(H,23,27). The third kappa shape index (κ3) is 5.60. The Morgan fingerprint density at radius 2 is 1.87 bits per heavy atom. The first-order valence-electron chi connectivity index (χ1n) is 9.42. The van der Waals surface area contributed by atoms with Gasteiger partial charge in [0, 0.05) is 6.54 Å². The number of thioether (sulfide) groups is 1. The Bertz CT molecular complexity index is 1070. The van der Waals surface area contributed by atoms with Crippen molar-refractivity contribution in [2.75, 3.05) is 18.2 Å². The highest BCUT2D eigenvalue weighted by Gasteiger charge is 2.16. The van der Waals surface area contributed by atoms with Crippen LogP contribution in [0.2, 0.25) is 0 Å². The molecule has 0 aliphatic carbocycles. The van der Waals surface area contributed by atoms with Crippen LogP contribution in [0.5, 0.6) is 5.75 Å². The second-order valence-electron chi connectivity index (χ2n) is 6.24. The van der Waals surface area contributed by atoms with E-state index in [-0.39, 0.29) is 29.6 Å². The van der Waals surface area contributed by atoms with Gasteiger partial charge in [-0.3, -0.25) is 4.79 Å². The van der Waals surface area contributed by atoms with E-state index in [1.807, 2.05) is 6.92 Å². The van der Waals surface area contributed by atoms with E-state index in [0.717, 1.165) is 0 Å². The van der Waals surface area contributed by atoms with Gasteiger partial charge in [-0.05, 0) is 31.2 Å². The van der Waals surface area contributed by atoms with Crippen molar-refractivity contribution >= 4 is 29.3 Å². The van der Waals surface area contributed by atoms with Crippen LogP contribution in [-0.2, 0) is 22.7 Å². The Hall–Kier alpha value is -3.40. The number of nitrogens with one attached hydrogen (secondary N) is 1. The quantitative estimate of drug-likeness (QED) is 0.398. The van der Waals surface area contributed by atoms with Gasteiger partial charge in [0.15, 0.2) is 22.5 Å². The van der Waals surface area contributed by atoms with E-state index in [1.54, 1.807) is 41.0 Å². The maximum absolute atomic E-state index is 13.7. The third-order valence-electron chi connectivity index (χ3n) is 4.24. The fourth-order valence-electron chi connectivity index (χ4n) is 2.75. The lowest BCUT2D eigenvalue weighted by Crippen LogP contribution is -2.17. The van der Waals surface area contributed by atoms with E-state index in [0.29, 0.717) is 23.2 Å². The van der Waals surface area contributed by atoms with Crippen LogP contribution in [0, 0.1) is 5.82 Å². The Morgan fingerprint density at radius 3 is 2.61 bits per heavy atom. The van der Waals surface area contributed by atoms with Crippen LogP contribution in [0.3, 0.4) is 0 Å². The van der Waals surface area contributed by atoms with E-state index < -0.39 is 11.8 Å². The highest BCUT2D eigenvalue weighted by molar-refractivity contribution is 7.99. The van der Waals surface area contributed by atoms with Gasteiger partial charge in [-0.25, -0.2) is 9.18 Å². The van der Waals surface area contributed by atoms with E-state index in [2.05, 4.69) is 15.5 Å². The summed E-state index contributed by atoms with van der Waals surface area (Å²) in [5.74, 6) is -0.592. The van der Waals surface area contributed by atoms with Crippen LogP contribution in [0.4, 0.5) is 10.1 Å². The van der Waals surface area contributed by atoms with Crippen LogP contribution in [0.15, 0.2) is 53.7 Å². The molecule has 0 atom stereocenters. The van der Waals surface area contributed by atoms with Crippen LogP contribution in [-0.4, -0.2) is 39.5 Å². The SMILES string of the molecule is CCn1c(COc2ccccc2F)nnc1SCC(=O)Nc1ccccc1C(=O)OC. The molecule has 31 heavy (non-hydrogen) atoms. The van der Waals surface area contributed by atoms with Crippen molar-refractivity contribution in [3.8, 4) is 5.75 Å². The number of carbonyl (C=O) groups is 2. The molecule has 0 aliphatic heterocycles. The van der Waals surface area contributed by atoms with Gasteiger partial charge in [-0.15, -0.1) is 10.2 Å². The predicted octanol–water partition coefficient (Wildman–Crippen LogP) is 3.53. The molecule has 0 spiro atoms. The number of halogens is 1. The lowest BCUT2D eigenvalue weighted by molar-refractivity contribution is -0.113. The molecule has 1 aromatic heterocycles. The highest BCUT2D eigenvalue weighted by Crippen LogP contribution is 2.21. The number of hydrogen-bond donors (Lipinski definition) is 1. The molecule has 3 aromatic rings. The van der Waals surface area contributed by atoms with E-state index in [4.69, 9.17) is 9.47 Å². The first-order chi connectivity index (χ1) is 15.0. The molecule has 162 valence electrons. The zero-order valence-corrected chi connectivity index (χ0v) is 17.8. The number of hydrogen-bond acceptors (Lipinski definition) is 7. The van der Waals surface area contributed by atoms with E-state index >= 15 is 0 Å². The fraction of sp³-hybridized carbons (Fsp3) is 0.238. The van der Waals surface area contributed by atoms with Crippen molar-refractivity contribution in [3.05, 3.63) is 65.7 Å². The number of nitrogens with zero attached hydrogens (tertiary/aromatic N) is 3. The van der Waals surface area contributed by atoms with Crippen LogP contribution >= 0.6 is 11.8 Å². The molecular weight excluding hydrogens is 423 g/mol. The van der Waals surface area contributed by atoms with Crippen molar-refractivity contribution in [1.82, 2.24) is 14.8 Å². The molecule has 2 aromatic carbocycles. The number of para-hydroxylation sites is 2. The van der Waals surface area contributed by atoms with Crippen molar-refractivity contribution in [3.63, 3.8) is 0 Å². The van der Waals surface area contributed by atoms with Gasteiger partial charge < -0.3 is 19.4 Å². The number of rotatable bonds is 9. The number of aromatic nitrogens is 3. The minimum absolute atomic E-state index is 0.0427. The van der Waals surface area contributed by atoms with Crippen molar-refractivity contribution in [1.29, 1.82) is 0 Å². The summed E-state index contributed by atoms with van der Waals surface area (Å²) in [5.41, 5.74) is 0.642. The maximum Gasteiger partial charge on any atom is 0.339 e. The molecule has 1 amide bonds. The van der Waals surface area contributed by atoms with Gasteiger partial charge >= 0.3 is 5.97 Å². The average molecular weight is 444 g/mol. The Kier molecular flexibility index (Phi) is 7.60. The molecule has 3 rings (SSSR count). The lowest BCUT2D eigenvalue weighted by Gasteiger charge is -2.10. The zero-order chi connectivity index (χ0) is 22.2. The van der Waals surface area contributed by atoms with Gasteiger partial charge in [0.2, 0.25) is 5.91 Å². The molecule has 1 N–H and O–H groups in total. The minimum atomic E-state index is -0.534. The predicted molar refractivity (Wildman–Crippen MR) is 114 cm³/mol. The van der Waals surface area contributed by atoms with Crippen molar-refractivity contribution < 1.29 is 23.5 Å². The number of carbonyl (C=O) groups excluding carboxylic acids is 2. The summed E-state index contributed by atoms with van der Waals surface area (Å²) < 4.78 is 25.7. The fourth-order valence-corrected chi connectivity index (χ4v) is 3.57. The molecular formula is C21H21FN4O4S. The molecule has 1 heterocycles. The summed E-state index contributed by atoms with van der Waals surface area (Å²) in [6.45, 7) is 2.51. The first kappa shape index (κ1) is 22.3. The van der Waals surface area contributed by atoms with Crippen LogP contribution in [0.25, 0.3) is 0 Å². The summed E-state index contributed by atoms with van der Waals surface area (Å²) in [6.07, 6.45) is 0. The van der Waals surface area contributed by atoms with Crippen LogP contribution in [0.1, 0.15) is 23.1 Å². The van der Waals surface area contributed by atoms with Gasteiger partial charge in [-0.2, -0.15) is 0 Å². The smallest absolute Gasteiger partial charge is 0.339 e. The number of amides is 1. The topological polar surface area (TPSA) is 95.3 Å². The number of esters is 1. The van der Waals surface area contributed by atoms with Gasteiger partial charge in [0.05, 0.1) is 24.1 Å². The van der Waals surface area contributed by atoms with Crippen molar-refractivity contribution in [2.45, 2.75) is 25.2 Å². The second kappa shape index (κ2) is 10.6. The van der Waals surface area contributed by atoms with E-state index in [1.165, 1.54) is 31.0 Å². The summed E-state index contributed by atoms with van der Waals surface area (Å²) in [4.78, 5) is 24.2. The van der Waals surface area contributed by atoms with Gasteiger partial charge in [0.1, 0.15) is 6.61 Å². The molecule has 0 bridgehead atoms. The second-order valence-corrected chi connectivity index (χ2v) is 7.18. The lowest BCUT2D eigenvalue weighted by atomic mass is 10.2. The number of benzene rings is 2. The molecule has 0 unspecified atom stereocenters. The van der Waals surface area contributed by atoms with Crippen molar-refractivity contribution in [2.24, 2.45) is 0 Å². The maximum atomic E-state index is 13.7. The van der Waals surface area contributed by atoms with E-state index in [9.17, 15) is 14.0 Å². The molecule has 0 saturated heterocycles. The normalized spacial score (nSPS) is 10.5. The molecule has 0 saturated carbocycles. The largest absolute Gasteiger partial charge is 0.483 e. The summed E-state index contributed by atoms with van der Waals surface area (Å²) in [7, 11) is 1.28. The minimum Gasteiger partial charge on any atom is -0.483 e. The zero-order valence-electron chi connectivity index (χ0n) is 17.0. The molecule has 0 fully saturated rings.